The molecule has 2 unspecified atom stereocenters. The maximum atomic E-state index is 12.2. The molecule has 0 spiro atoms. The second-order valence-corrected chi connectivity index (χ2v) is 5.22. The first-order valence-electron chi connectivity index (χ1n) is 5.17. The van der Waals surface area contributed by atoms with E-state index in [-0.39, 0.29) is 17.0 Å². The fraction of sp³-hybridized carbons (Fsp3) is 0.500. The highest BCUT2D eigenvalue weighted by Gasteiger charge is 2.40. The van der Waals surface area contributed by atoms with Crippen molar-refractivity contribution >= 4 is 23.6 Å². The van der Waals surface area contributed by atoms with Crippen molar-refractivity contribution in [3.8, 4) is 0 Å². The van der Waals surface area contributed by atoms with E-state index in [2.05, 4.69) is 5.10 Å². The van der Waals surface area contributed by atoms with Gasteiger partial charge in [0.15, 0.2) is 0 Å². The summed E-state index contributed by atoms with van der Waals surface area (Å²) in [5.41, 5.74) is 0.285. The molecular weight excluding hydrogens is 242 g/mol. The molecule has 1 aliphatic rings. The van der Waals surface area contributed by atoms with E-state index in [1.807, 2.05) is 6.92 Å². The van der Waals surface area contributed by atoms with Crippen LogP contribution in [0.25, 0.3) is 0 Å². The number of aliphatic carboxylic acids is 1. The van der Waals surface area contributed by atoms with E-state index in [1.165, 1.54) is 21.3 Å². The van der Waals surface area contributed by atoms with Crippen molar-refractivity contribution in [3.63, 3.8) is 0 Å². The minimum Gasteiger partial charge on any atom is -0.480 e. The van der Waals surface area contributed by atoms with E-state index >= 15 is 0 Å². The Balaban J connectivity index is 2.25. The third-order valence-electron chi connectivity index (χ3n) is 2.68. The van der Waals surface area contributed by atoms with Crippen LogP contribution in [-0.4, -0.2) is 48.8 Å². The summed E-state index contributed by atoms with van der Waals surface area (Å²) >= 11 is 1.46. The second kappa shape index (κ2) is 4.40. The minimum absolute atomic E-state index is 0.134. The smallest absolute Gasteiger partial charge is 0.327 e. The fourth-order valence-electron chi connectivity index (χ4n) is 1.80. The van der Waals surface area contributed by atoms with Crippen LogP contribution in [0.3, 0.4) is 0 Å². The standard InChI is InChI=1S/C10H13N3O3S/c1-6-13(8(5-17-6)10(15)16)9(14)7-3-4-12(2)11-7/h3-4,6,8H,5H2,1-2H3,(H,15,16). The summed E-state index contributed by atoms with van der Waals surface area (Å²) in [4.78, 5) is 24.6. The lowest BCUT2D eigenvalue weighted by Gasteiger charge is -2.23. The van der Waals surface area contributed by atoms with Gasteiger partial charge in [-0.15, -0.1) is 11.8 Å². The molecule has 2 heterocycles. The molecule has 0 aromatic carbocycles. The summed E-state index contributed by atoms with van der Waals surface area (Å²) in [5.74, 6) is -0.864. The molecule has 1 aliphatic heterocycles. The third kappa shape index (κ3) is 2.14. The quantitative estimate of drug-likeness (QED) is 0.828. The van der Waals surface area contributed by atoms with Crippen molar-refractivity contribution in [1.29, 1.82) is 0 Å². The highest BCUT2D eigenvalue weighted by molar-refractivity contribution is 8.00. The maximum Gasteiger partial charge on any atom is 0.327 e. The molecular formula is C10H13N3O3S. The number of carbonyl (C=O) groups is 2. The lowest BCUT2D eigenvalue weighted by molar-refractivity contribution is -0.141. The average molecular weight is 255 g/mol. The van der Waals surface area contributed by atoms with E-state index in [4.69, 9.17) is 5.11 Å². The highest BCUT2D eigenvalue weighted by atomic mass is 32.2. The molecule has 1 aromatic heterocycles. The van der Waals surface area contributed by atoms with E-state index < -0.39 is 12.0 Å². The number of amides is 1. The van der Waals surface area contributed by atoms with Gasteiger partial charge in [-0.25, -0.2) is 4.79 Å². The number of aromatic nitrogens is 2. The summed E-state index contributed by atoms with van der Waals surface area (Å²) in [7, 11) is 1.72. The summed E-state index contributed by atoms with van der Waals surface area (Å²) < 4.78 is 1.52. The lowest BCUT2D eigenvalue weighted by Crippen LogP contribution is -2.44. The molecule has 0 saturated carbocycles. The second-order valence-electron chi connectivity index (χ2n) is 3.87. The Hall–Kier alpha value is -1.50. The molecule has 7 heteroatoms. The molecule has 1 aromatic rings. The van der Waals surface area contributed by atoms with Crippen LogP contribution in [0.5, 0.6) is 0 Å². The van der Waals surface area contributed by atoms with Gasteiger partial charge in [0.2, 0.25) is 0 Å². The van der Waals surface area contributed by atoms with Crippen LogP contribution in [0, 0.1) is 0 Å². The summed E-state index contributed by atoms with van der Waals surface area (Å²) in [6.45, 7) is 1.83. The molecule has 6 nitrogen and oxygen atoms in total. The molecule has 0 bridgehead atoms. The first-order valence-corrected chi connectivity index (χ1v) is 6.22. The predicted molar refractivity (Wildman–Crippen MR) is 62.7 cm³/mol. The number of thioether (sulfide) groups is 1. The number of carboxylic acids is 1. The number of carbonyl (C=O) groups excluding carboxylic acids is 1. The van der Waals surface area contributed by atoms with Gasteiger partial charge >= 0.3 is 5.97 Å². The molecule has 0 aliphatic carbocycles. The molecule has 1 fully saturated rings. The predicted octanol–water partition coefficient (Wildman–Crippen LogP) is 0.408. The number of nitrogens with zero attached hydrogens (tertiary/aromatic N) is 3. The minimum atomic E-state index is -0.967. The van der Waals surface area contributed by atoms with Crippen molar-refractivity contribution in [2.75, 3.05) is 5.75 Å². The average Bonchev–Trinajstić information content (AvgIpc) is 2.83. The van der Waals surface area contributed by atoms with Crippen LogP contribution >= 0.6 is 11.8 Å². The van der Waals surface area contributed by atoms with Crippen molar-refractivity contribution in [2.24, 2.45) is 7.05 Å². The van der Waals surface area contributed by atoms with E-state index in [9.17, 15) is 9.59 Å². The maximum absolute atomic E-state index is 12.2. The van der Waals surface area contributed by atoms with Crippen molar-refractivity contribution in [3.05, 3.63) is 18.0 Å². The molecule has 17 heavy (non-hydrogen) atoms. The zero-order chi connectivity index (χ0) is 12.6. The van der Waals surface area contributed by atoms with E-state index in [0.29, 0.717) is 5.75 Å². The molecule has 1 saturated heterocycles. The first-order chi connectivity index (χ1) is 8.00. The number of hydrogen-bond donors (Lipinski definition) is 1. The van der Waals surface area contributed by atoms with Crippen molar-refractivity contribution in [2.45, 2.75) is 18.3 Å². The largest absolute Gasteiger partial charge is 0.480 e. The SMILES string of the molecule is CC1SCC(C(=O)O)N1C(=O)c1ccn(C)n1. The van der Waals surface area contributed by atoms with Gasteiger partial charge < -0.3 is 10.0 Å². The highest BCUT2D eigenvalue weighted by Crippen LogP contribution is 2.29. The van der Waals surface area contributed by atoms with E-state index in [1.54, 1.807) is 19.3 Å². The van der Waals surface area contributed by atoms with E-state index in [0.717, 1.165) is 0 Å². The van der Waals surface area contributed by atoms with Gasteiger partial charge in [0, 0.05) is 19.0 Å². The van der Waals surface area contributed by atoms with Crippen LogP contribution in [0.15, 0.2) is 12.3 Å². The number of rotatable bonds is 2. The fourth-order valence-corrected chi connectivity index (χ4v) is 2.97. The molecule has 1 amide bonds. The zero-order valence-corrected chi connectivity index (χ0v) is 10.3. The van der Waals surface area contributed by atoms with Crippen molar-refractivity contribution in [1.82, 2.24) is 14.7 Å². The number of carboxylic acid groups (broad SMARTS) is 1. The molecule has 1 N–H and O–H groups in total. The molecule has 2 atom stereocenters. The van der Waals surface area contributed by atoms with Crippen LogP contribution in [0.4, 0.5) is 0 Å². The van der Waals surface area contributed by atoms with Crippen LogP contribution in [0.1, 0.15) is 17.4 Å². The lowest BCUT2D eigenvalue weighted by atomic mass is 10.2. The third-order valence-corrected chi connectivity index (χ3v) is 3.89. The monoisotopic (exact) mass is 255 g/mol. The van der Waals surface area contributed by atoms with Gasteiger partial charge in [-0.05, 0) is 13.0 Å². The molecule has 92 valence electrons. The van der Waals surface area contributed by atoms with Gasteiger partial charge in [-0.2, -0.15) is 5.10 Å². The van der Waals surface area contributed by atoms with Crippen LogP contribution in [-0.2, 0) is 11.8 Å². The number of aryl methyl sites for hydroxylation is 1. The normalized spacial score (nSPS) is 24.0. The Morgan fingerprint density at radius 3 is 2.82 bits per heavy atom. The Morgan fingerprint density at radius 1 is 1.59 bits per heavy atom. The van der Waals surface area contributed by atoms with Gasteiger partial charge in [0.25, 0.3) is 5.91 Å². The topological polar surface area (TPSA) is 75.4 Å². The first kappa shape index (κ1) is 12.0. The Kier molecular flexibility index (Phi) is 3.10. The summed E-state index contributed by atoms with van der Waals surface area (Å²) in [6, 6.07) is 0.834. The zero-order valence-electron chi connectivity index (χ0n) is 9.53. The van der Waals surface area contributed by atoms with Gasteiger partial charge in [0.05, 0.1) is 5.37 Å². The summed E-state index contributed by atoms with van der Waals surface area (Å²) in [6.07, 6.45) is 1.66. The number of hydrogen-bond acceptors (Lipinski definition) is 4. The Morgan fingerprint density at radius 2 is 2.29 bits per heavy atom. The van der Waals surface area contributed by atoms with Gasteiger partial charge in [0.1, 0.15) is 11.7 Å². The van der Waals surface area contributed by atoms with Crippen LogP contribution < -0.4 is 0 Å². The summed E-state index contributed by atoms with van der Waals surface area (Å²) in [5, 5.41) is 12.9. The van der Waals surface area contributed by atoms with Crippen LogP contribution in [0.2, 0.25) is 0 Å². The van der Waals surface area contributed by atoms with Gasteiger partial charge in [-0.3, -0.25) is 9.48 Å². The molecule has 2 rings (SSSR count). The Bertz CT molecular complexity index is 459. The van der Waals surface area contributed by atoms with Crippen molar-refractivity contribution < 1.29 is 14.7 Å². The van der Waals surface area contributed by atoms with Gasteiger partial charge in [-0.1, -0.05) is 0 Å². The molecule has 0 radical (unpaired) electrons. The Labute approximate surface area is 103 Å².